The Morgan fingerprint density at radius 2 is 2.08 bits per heavy atom. The number of rotatable bonds is 3. The zero-order chi connectivity index (χ0) is 16.5. The van der Waals surface area contributed by atoms with Crippen LogP contribution in [0.25, 0.3) is 11.0 Å². The molecule has 4 nitrogen and oxygen atoms in total. The molecule has 2 aromatic carbocycles. The van der Waals surface area contributed by atoms with Crippen LogP contribution in [0.5, 0.6) is 0 Å². The van der Waals surface area contributed by atoms with Crippen LogP contribution in [-0.4, -0.2) is 15.5 Å². The first-order valence-corrected chi connectivity index (χ1v) is 8.52. The molecule has 4 rings (SSSR count). The Labute approximate surface area is 141 Å². The molecule has 1 aromatic heterocycles. The van der Waals surface area contributed by atoms with Crippen LogP contribution in [0, 0.1) is 5.92 Å². The summed E-state index contributed by atoms with van der Waals surface area (Å²) in [5, 5.41) is 2.98. The average Bonchev–Trinajstić information content (AvgIpc) is 2.97. The SMILES string of the molecule is C[C@@H]1CCn2c(nc3cc(C(=O)NCc4ccccc4)ccc32)C1. The number of carbonyl (C=O) groups is 1. The van der Waals surface area contributed by atoms with Gasteiger partial charge in [0.1, 0.15) is 5.82 Å². The Hall–Kier alpha value is -2.62. The van der Waals surface area contributed by atoms with E-state index in [9.17, 15) is 4.79 Å². The van der Waals surface area contributed by atoms with Crippen LogP contribution in [-0.2, 0) is 19.5 Å². The first-order valence-electron chi connectivity index (χ1n) is 8.52. The zero-order valence-electron chi connectivity index (χ0n) is 13.8. The van der Waals surface area contributed by atoms with Crippen LogP contribution in [0.1, 0.15) is 35.1 Å². The Kier molecular flexibility index (Phi) is 3.81. The lowest BCUT2D eigenvalue weighted by Crippen LogP contribution is -2.22. The smallest absolute Gasteiger partial charge is 0.251 e. The second-order valence-corrected chi connectivity index (χ2v) is 6.65. The molecule has 1 atom stereocenters. The van der Waals surface area contributed by atoms with Gasteiger partial charge in [0.25, 0.3) is 5.91 Å². The van der Waals surface area contributed by atoms with Gasteiger partial charge in [0.05, 0.1) is 11.0 Å². The van der Waals surface area contributed by atoms with E-state index in [0.717, 1.165) is 35.4 Å². The molecule has 24 heavy (non-hydrogen) atoms. The minimum atomic E-state index is -0.0555. The predicted molar refractivity (Wildman–Crippen MR) is 94.8 cm³/mol. The van der Waals surface area contributed by atoms with E-state index in [0.29, 0.717) is 18.0 Å². The van der Waals surface area contributed by atoms with Crippen molar-refractivity contribution in [3.05, 3.63) is 65.5 Å². The number of imidazole rings is 1. The molecular weight excluding hydrogens is 298 g/mol. The molecule has 0 bridgehead atoms. The summed E-state index contributed by atoms with van der Waals surface area (Å²) < 4.78 is 2.29. The molecule has 0 radical (unpaired) electrons. The van der Waals surface area contributed by atoms with E-state index in [1.807, 2.05) is 48.5 Å². The highest BCUT2D eigenvalue weighted by atomic mass is 16.1. The number of aryl methyl sites for hydroxylation is 1. The van der Waals surface area contributed by atoms with Crippen molar-refractivity contribution >= 4 is 16.9 Å². The van der Waals surface area contributed by atoms with Crippen molar-refractivity contribution in [2.24, 2.45) is 5.92 Å². The third kappa shape index (κ3) is 2.80. The number of nitrogens with zero attached hydrogens (tertiary/aromatic N) is 2. The fourth-order valence-corrected chi connectivity index (χ4v) is 3.37. The summed E-state index contributed by atoms with van der Waals surface area (Å²) in [6, 6.07) is 15.8. The second-order valence-electron chi connectivity index (χ2n) is 6.65. The van der Waals surface area contributed by atoms with Gasteiger partial charge in [-0.25, -0.2) is 4.98 Å². The summed E-state index contributed by atoms with van der Waals surface area (Å²) in [6.07, 6.45) is 2.21. The fourth-order valence-electron chi connectivity index (χ4n) is 3.37. The van der Waals surface area contributed by atoms with E-state index >= 15 is 0 Å². The standard InChI is InChI=1S/C20H21N3O/c1-14-9-10-23-18-8-7-16(12-17(18)22-19(23)11-14)20(24)21-13-15-5-3-2-4-6-15/h2-8,12,14H,9-11,13H2,1H3,(H,21,24)/t14-/m1/s1. The molecule has 3 aromatic rings. The minimum Gasteiger partial charge on any atom is -0.348 e. The zero-order valence-corrected chi connectivity index (χ0v) is 13.8. The van der Waals surface area contributed by atoms with E-state index in [4.69, 9.17) is 4.98 Å². The molecule has 122 valence electrons. The Balaban J connectivity index is 1.55. The van der Waals surface area contributed by atoms with Gasteiger partial charge < -0.3 is 9.88 Å². The van der Waals surface area contributed by atoms with Gasteiger partial charge in [-0.3, -0.25) is 4.79 Å². The number of hydrogen-bond donors (Lipinski definition) is 1. The quantitative estimate of drug-likeness (QED) is 0.802. The van der Waals surface area contributed by atoms with Crippen LogP contribution < -0.4 is 5.32 Å². The first-order chi connectivity index (χ1) is 11.7. The van der Waals surface area contributed by atoms with E-state index in [-0.39, 0.29) is 5.91 Å². The second kappa shape index (κ2) is 6.11. The van der Waals surface area contributed by atoms with Crippen molar-refractivity contribution in [3.8, 4) is 0 Å². The highest BCUT2D eigenvalue weighted by Crippen LogP contribution is 2.25. The van der Waals surface area contributed by atoms with Crippen LogP contribution >= 0.6 is 0 Å². The summed E-state index contributed by atoms with van der Waals surface area (Å²) in [7, 11) is 0. The Bertz CT molecular complexity index is 883. The highest BCUT2D eigenvalue weighted by Gasteiger charge is 2.19. The Morgan fingerprint density at radius 3 is 2.92 bits per heavy atom. The average molecular weight is 319 g/mol. The lowest BCUT2D eigenvalue weighted by atomic mass is 10.0. The van der Waals surface area contributed by atoms with Gasteiger partial charge in [-0.1, -0.05) is 37.3 Å². The predicted octanol–water partition coefficient (Wildman–Crippen LogP) is 3.55. The van der Waals surface area contributed by atoms with Crippen molar-refractivity contribution < 1.29 is 4.79 Å². The molecule has 0 aliphatic carbocycles. The lowest BCUT2D eigenvalue weighted by Gasteiger charge is -2.19. The Morgan fingerprint density at radius 1 is 1.25 bits per heavy atom. The molecule has 1 aliphatic rings. The topological polar surface area (TPSA) is 46.9 Å². The summed E-state index contributed by atoms with van der Waals surface area (Å²) in [5.41, 5.74) is 3.82. The number of carbonyl (C=O) groups excluding carboxylic acids is 1. The van der Waals surface area contributed by atoms with Crippen molar-refractivity contribution in [1.82, 2.24) is 14.9 Å². The molecule has 1 N–H and O–H groups in total. The molecule has 2 heterocycles. The van der Waals surface area contributed by atoms with Crippen LogP contribution in [0.15, 0.2) is 48.5 Å². The van der Waals surface area contributed by atoms with Gasteiger partial charge >= 0.3 is 0 Å². The fraction of sp³-hybridized carbons (Fsp3) is 0.300. The monoisotopic (exact) mass is 319 g/mol. The molecule has 0 fully saturated rings. The maximum Gasteiger partial charge on any atom is 0.251 e. The van der Waals surface area contributed by atoms with Crippen LogP contribution in [0.3, 0.4) is 0 Å². The van der Waals surface area contributed by atoms with E-state index in [2.05, 4.69) is 16.8 Å². The van der Waals surface area contributed by atoms with Gasteiger partial charge in [-0.05, 0) is 36.1 Å². The number of fused-ring (bicyclic) bond motifs is 3. The summed E-state index contributed by atoms with van der Waals surface area (Å²) in [4.78, 5) is 17.2. The van der Waals surface area contributed by atoms with E-state index in [1.54, 1.807) is 0 Å². The van der Waals surface area contributed by atoms with E-state index in [1.165, 1.54) is 6.42 Å². The van der Waals surface area contributed by atoms with Crippen molar-refractivity contribution in [1.29, 1.82) is 0 Å². The lowest BCUT2D eigenvalue weighted by molar-refractivity contribution is 0.0951. The van der Waals surface area contributed by atoms with Crippen LogP contribution in [0.4, 0.5) is 0 Å². The van der Waals surface area contributed by atoms with Gasteiger partial charge in [-0.15, -0.1) is 0 Å². The van der Waals surface area contributed by atoms with Crippen molar-refractivity contribution in [3.63, 3.8) is 0 Å². The molecule has 1 amide bonds. The molecule has 0 unspecified atom stereocenters. The number of benzene rings is 2. The van der Waals surface area contributed by atoms with Gasteiger partial charge in [0.15, 0.2) is 0 Å². The summed E-state index contributed by atoms with van der Waals surface area (Å²) in [5.74, 6) is 1.77. The maximum absolute atomic E-state index is 12.4. The number of nitrogens with one attached hydrogen (secondary N) is 1. The number of amides is 1. The highest BCUT2D eigenvalue weighted by molar-refractivity contribution is 5.97. The maximum atomic E-state index is 12.4. The van der Waals surface area contributed by atoms with Crippen molar-refractivity contribution in [2.75, 3.05) is 0 Å². The molecule has 0 spiro atoms. The number of hydrogen-bond acceptors (Lipinski definition) is 2. The van der Waals surface area contributed by atoms with Crippen LogP contribution in [0.2, 0.25) is 0 Å². The summed E-state index contributed by atoms with van der Waals surface area (Å²) in [6.45, 7) is 3.83. The molecule has 0 saturated carbocycles. The normalized spacial score (nSPS) is 16.8. The largest absolute Gasteiger partial charge is 0.348 e. The number of aromatic nitrogens is 2. The third-order valence-electron chi connectivity index (χ3n) is 4.76. The molecular formula is C20H21N3O. The summed E-state index contributed by atoms with van der Waals surface area (Å²) >= 11 is 0. The third-order valence-corrected chi connectivity index (χ3v) is 4.76. The molecule has 4 heteroatoms. The van der Waals surface area contributed by atoms with E-state index < -0.39 is 0 Å². The van der Waals surface area contributed by atoms with Gasteiger partial charge in [-0.2, -0.15) is 0 Å². The molecule has 1 aliphatic heterocycles. The van der Waals surface area contributed by atoms with Crippen molar-refractivity contribution in [2.45, 2.75) is 32.9 Å². The first kappa shape index (κ1) is 14.9. The van der Waals surface area contributed by atoms with Gasteiger partial charge in [0.2, 0.25) is 0 Å². The van der Waals surface area contributed by atoms with Gasteiger partial charge in [0, 0.05) is 25.1 Å². The molecule has 0 saturated heterocycles. The minimum absolute atomic E-state index is 0.0555.